The van der Waals surface area contributed by atoms with E-state index in [1.807, 2.05) is 19.9 Å². The molecule has 0 spiro atoms. The summed E-state index contributed by atoms with van der Waals surface area (Å²) in [6.45, 7) is 3.34. The fourth-order valence-corrected chi connectivity index (χ4v) is 3.70. The summed E-state index contributed by atoms with van der Waals surface area (Å²) in [6.07, 6.45) is 0. The number of fused-ring (bicyclic) bond motifs is 1. The molecule has 0 aliphatic carbocycles. The Balaban J connectivity index is 1.48. The third-order valence-electron chi connectivity index (χ3n) is 5.40. The highest BCUT2D eigenvalue weighted by Gasteiger charge is 2.12. The molecule has 35 heavy (non-hydrogen) atoms. The number of carboxylic acid groups (broad SMARTS) is 1. The van der Waals surface area contributed by atoms with E-state index in [0.717, 1.165) is 11.1 Å². The number of amides is 2. The predicted molar refractivity (Wildman–Crippen MR) is 132 cm³/mol. The highest BCUT2D eigenvalue weighted by Crippen LogP contribution is 2.25. The maximum absolute atomic E-state index is 12.6. The Morgan fingerprint density at radius 2 is 1.49 bits per heavy atom. The summed E-state index contributed by atoms with van der Waals surface area (Å²) in [7, 11) is 0. The first-order chi connectivity index (χ1) is 16.7. The average molecular weight is 470 g/mol. The van der Waals surface area contributed by atoms with Crippen molar-refractivity contribution in [2.45, 2.75) is 13.8 Å². The number of hydrogen-bond donors (Lipinski definition) is 3. The number of carboxylic acids is 1. The van der Waals surface area contributed by atoms with Crippen molar-refractivity contribution < 1.29 is 23.9 Å². The van der Waals surface area contributed by atoms with E-state index in [-0.39, 0.29) is 16.9 Å². The van der Waals surface area contributed by atoms with Crippen molar-refractivity contribution in [1.82, 2.24) is 5.32 Å². The van der Waals surface area contributed by atoms with Gasteiger partial charge in [-0.05, 0) is 67.4 Å². The zero-order chi connectivity index (χ0) is 25.1. The van der Waals surface area contributed by atoms with Crippen molar-refractivity contribution in [2.75, 3.05) is 11.9 Å². The average Bonchev–Trinajstić information content (AvgIpc) is 2.83. The molecule has 0 saturated carbocycles. The highest BCUT2D eigenvalue weighted by molar-refractivity contribution is 6.05. The van der Waals surface area contributed by atoms with E-state index in [1.165, 1.54) is 18.2 Å². The van der Waals surface area contributed by atoms with Crippen LogP contribution in [-0.2, 0) is 4.79 Å². The standard InChI is InChI=1S/C27H22N2O6/c1-15-11-16(2)25-21(12-15)22(30)13-23(35-25)17-3-5-19(6-4-17)27(34)29-20-9-7-18(8-10-20)26(33)28-14-24(31)32/h3-13H,14H2,1-2H3,(H,28,33)(H,29,34)(H,31,32). The molecule has 1 aromatic heterocycles. The van der Waals surface area contributed by atoms with Crippen molar-refractivity contribution in [3.63, 3.8) is 0 Å². The van der Waals surface area contributed by atoms with Gasteiger partial charge in [0.15, 0.2) is 5.43 Å². The quantitative estimate of drug-likeness (QED) is 0.389. The molecule has 0 unspecified atom stereocenters. The Morgan fingerprint density at radius 3 is 2.14 bits per heavy atom. The van der Waals surface area contributed by atoms with E-state index < -0.39 is 18.4 Å². The van der Waals surface area contributed by atoms with Gasteiger partial charge in [0.2, 0.25) is 0 Å². The van der Waals surface area contributed by atoms with Crippen LogP contribution in [0.1, 0.15) is 31.8 Å². The van der Waals surface area contributed by atoms with Gasteiger partial charge in [-0.15, -0.1) is 0 Å². The maximum atomic E-state index is 12.6. The van der Waals surface area contributed by atoms with E-state index >= 15 is 0 Å². The molecular formula is C27H22N2O6. The van der Waals surface area contributed by atoms with Gasteiger partial charge in [0.05, 0.1) is 5.39 Å². The summed E-state index contributed by atoms with van der Waals surface area (Å²) in [5.41, 5.74) is 4.08. The third-order valence-corrected chi connectivity index (χ3v) is 5.40. The summed E-state index contributed by atoms with van der Waals surface area (Å²) in [6, 6.07) is 18.0. The van der Waals surface area contributed by atoms with E-state index in [0.29, 0.717) is 33.5 Å². The van der Waals surface area contributed by atoms with Crippen LogP contribution in [0.4, 0.5) is 5.69 Å². The SMILES string of the molecule is Cc1cc(C)c2oc(-c3ccc(C(=O)Nc4ccc(C(=O)NCC(=O)O)cc4)cc3)cc(=O)c2c1. The minimum absolute atomic E-state index is 0.130. The van der Waals surface area contributed by atoms with Gasteiger partial charge in [0, 0.05) is 28.4 Å². The molecule has 0 atom stereocenters. The molecule has 0 fully saturated rings. The van der Waals surface area contributed by atoms with Crippen molar-refractivity contribution in [1.29, 1.82) is 0 Å². The zero-order valence-electron chi connectivity index (χ0n) is 19.0. The fourth-order valence-electron chi connectivity index (χ4n) is 3.70. The Hall–Kier alpha value is -4.72. The molecule has 2 amide bonds. The number of carbonyl (C=O) groups excluding carboxylic acids is 2. The molecule has 0 radical (unpaired) electrons. The first-order valence-corrected chi connectivity index (χ1v) is 10.8. The Labute approximate surface area is 200 Å². The van der Waals surface area contributed by atoms with Crippen LogP contribution < -0.4 is 16.1 Å². The molecule has 0 aliphatic rings. The first kappa shape index (κ1) is 23.4. The predicted octanol–water partition coefficient (Wildman–Crippen LogP) is 4.14. The summed E-state index contributed by atoms with van der Waals surface area (Å²) in [5.74, 6) is -1.60. The summed E-state index contributed by atoms with van der Waals surface area (Å²) in [4.78, 5) is 47.7. The molecule has 8 nitrogen and oxygen atoms in total. The van der Waals surface area contributed by atoms with Gasteiger partial charge in [0.1, 0.15) is 17.9 Å². The number of anilines is 1. The molecule has 4 aromatic rings. The Kier molecular flexibility index (Phi) is 6.46. The summed E-state index contributed by atoms with van der Waals surface area (Å²) < 4.78 is 6.01. The van der Waals surface area contributed by atoms with E-state index in [1.54, 1.807) is 42.5 Å². The van der Waals surface area contributed by atoms with Crippen molar-refractivity contribution >= 4 is 34.4 Å². The number of hydrogen-bond acceptors (Lipinski definition) is 5. The monoisotopic (exact) mass is 470 g/mol. The molecule has 0 aliphatic heterocycles. The molecule has 8 heteroatoms. The normalized spacial score (nSPS) is 10.7. The van der Waals surface area contributed by atoms with Crippen molar-refractivity contribution in [2.24, 2.45) is 0 Å². The number of carbonyl (C=O) groups is 3. The molecule has 1 heterocycles. The van der Waals surface area contributed by atoms with E-state index in [2.05, 4.69) is 10.6 Å². The maximum Gasteiger partial charge on any atom is 0.322 e. The molecule has 176 valence electrons. The number of aryl methyl sites for hydroxylation is 2. The Bertz CT molecular complexity index is 1500. The minimum Gasteiger partial charge on any atom is -0.480 e. The van der Waals surface area contributed by atoms with Crippen LogP contribution in [0.2, 0.25) is 0 Å². The van der Waals surface area contributed by atoms with E-state index in [9.17, 15) is 19.2 Å². The third kappa shape index (κ3) is 5.27. The van der Waals surface area contributed by atoms with Crippen LogP contribution in [0.5, 0.6) is 0 Å². The number of benzene rings is 3. The number of nitrogens with one attached hydrogen (secondary N) is 2. The molecular weight excluding hydrogens is 448 g/mol. The van der Waals surface area contributed by atoms with Crippen LogP contribution in [-0.4, -0.2) is 29.4 Å². The van der Waals surface area contributed by atoms with Gasteiger partial charge in [-0.25, -0.2) is 0 Å². The van der Waals surface area contributed by atoms with Gasteiger partial charge >= 0.3 is 5.97 Å². The summed E-state index contributed by atoms with van der Waals surface area (Å²) >= 11 is 0. The minimum atomic E-state index is -1.14. The highest BCUT2D eigenvalue weighted by atomic mass is 16.4. The lowest BCUT2D eigenvalue weighted by Crippen LogP contribution is -2.29. The lowest BCUT2D eigenvalue weighted by atomic mass is 10.1. The van der Waals surface area contributed by atoms with Gasteiger partial charge in [0.25, 0.3) is 11.8 Å². The van der Waals surface area contributed by atoms with Crippen LogP contribution in [0, 0.1) is 13.8 Å². The topological polar surface area (TPSA) is 126 Å². The van der Waals surface area contributed by atoms with E-state index in [4.69, 9.17) is 9.52 Å². The molecule has 0 saturated heterocycles. The lowest BCUT2D eigenvalue weighted by molar-refractivity contribution is -0.135. The first-order valence-electron chi connectivity index (χ1n) is 10.8. The molecule has 0 bridgehead atoms. The fraction of sp³-hybridized carbons (Fsp3) is 0.111. The van der Waals surface area contributed by atoms with Crippen molar-refractivity contribution in [3.8, 4) is 11.3 Å². The summed E-state index contributed by atoms with van der Waals surface area (Å²) in [5, 5.41) is 14.2. The largest absolute Gasteiger partial charge is 0.480 e. The van der Waals surface area contributed by atoms with Crippen LogP contribution in [0.15, 0.2) is 75.9 Å². The second-order valence-electron chi connectivity index (χ2n) is 8.12. The van der Waals surface area contributed by atoms with Crippen LogP contribution in [0.3, 0.4) is 0 Å². The molecule has 3 N–H and O–H groups in total. The zero-order valence-corrected chi connectivity index (χ0v) is 19.0. The van der Waals surface area contributed by atoms with Gasteiger partial charge in [-0.2, -0.15) is 0 Å². The number of rotatable bonds is 6. The lowest BCUT2D eigenvalue weighted by Gasteiger charge is -2.09. The number of aliphatic carboxylic acids is 1. The van der Waals surface area contributed by atoms with Gasteiger partial charge < -0.3 is 20.2 Å². The second kappa shape index (κ2) is 9.64. The smallest absolute Gasteiger partial charge is 0.322 e. The molecule has 3 aromatic carbocycles. The van der Waals surface area contributed by atoms with Crippen LogP contribution in [0.25, 0.3) is 22.3 Å². The Morgan fingerprint density at radius 1 is 0.857 bits per heavy atom. The molecule has 4 rings (SSSR count). The second-order valence-corrected chi connectivity index (χ2v) is 8.12. The van der Waals surface area contributed by atoms with Crippen LogP contribution >= 0.6 is 0 Å². The van der Waals surface area contributed by atoms with Gasteiger partial charge in [-0.3, -0.25) is 19.2 Å². The van der Waals surface area contributed by atoms with Crippen molar-refractivity contribution in [3.05, 3.63) is 99.2 Å². The van der Waals surface area contributed by atoms with Gasteiger partial charge in [-0.1, -0.05) is 18.2 Å².